The zero-order valence-electron chi connectivity index (χ0n) is 15.4. The molecule has 5 nitrogen and oxygen atoms in total. The van der Waals surface area contributed by atoms with E-state index < -0.39 is 6.04 Å². The number of aldehydes is 1. The van der Waals surface area contributed by atoms with Gasteiger partial charge < -0.3 is 10.1 Å². The molecule has 2 rings (SSSR count). The number of benzene rings is 1. The third-order valence-corrected chi connectivity index (χ3v) is 4.53. The topological polar surface area (TPSA) is 64.0 Å². The van der Waals surface area contributed by atoms with Gasteiger partial charge in [-0.2, -0.15) is 5.10 Å². The van der Waals surface area contributed by atoms with Crippen molar-refractivity contribution >= 4 is 18.3 Å². The van der Waals surface area contributed by atoms with Crippen LogP contribution in [0.5, 0.6) is 0 Å². The van der Waals surface area contributed by atoms with Gasteiger partial charge in [0.2, 0.25) is 5.91 Å². The second kappa shape index (κ2) is 7.92. The molecule has 2 aromatic rings. The van der Waals surface area contributed by atoms with Crippen molar-refractivity contribution in [2.24, 2.45) is 7.05 Å². The molecule has 2 unspecified atom stereocenters. The van der Waals surface area contributed by atoms with Crippen LogP contribution in [0.15, 0.2) is 30.3 Å². The molecule has 1 aromatic carbocycles. The van der Waals surface area contributed by atoms with Crippen molar-refractivity contribution in [3.63, 3.8) is 0 Å². The highest BCUT2D eigenvalue weighted by molar-refractivity contribution is 5.78. The molecule has 0 radical (unpaired) electrons. The molecule has 25 heavy (non-hydrogen) atoms. The Bertz CT molecular complexity index is 788. The van der Waals surface area contributed by atoms with Crippen molar-refractivity contribution in [1.82, 2.24) is 15.1 Å². The second-order valence-corrected chi connectivity index (χ2v) is 6.35. The first-order chi connectivity index (χ1) is 11.8. The van der Waals surface area contributed by atoms with Gasteiger partial charge in [0, 0.05) is 19.7 Å². The second-order valence-electron chi connectivity index (χ2n) is 6.35. The minimum atomic E-state index is -0.600. The van der Waals surface area contributed by atoms with Crippen molar-refractivity contribution in [3.05, 3.63) is 58.4 Å². The Morgan fingerprint density at radius 3 is 2.28 bits per heavy atom. The van der Waals surface area contributed by atoms with E-state index in [2.05, 4.69) is 37.3 Å². The fraction of sp³-hybridized carbons (Fsp3) is 0.350. The zero-order chi connectivity index (χ0) is 18.6. The van der Waals surface area contributed by atoms with Gasteiger partial charge in [-0.25, -0.2) is 0 Å². The summed E-state index contributed by atoms with van der Waals surface area (Å²) in [5, 5.41) is 7.13. The van der Waals surface area contributed by atoms with Gasteiger partial charge >= 0.3 is 0 Å². The molecule has 1 N–H and O–H groups in total. The van der Waals surface area contributed by atoms with E-state index in [1.54, 1.807) is 0 Å². The van der Waals surface area contributed by atoms with Crippen molar-refractivity contribution in [2.45, 2.75) is 39.7 Å². The average molecular weight is 339 g/mol. The minimum Gasteiger partial charge on any atom is -0.343 e. The molecule has 5 heteroatoms. The third-order valence-electron chi connectivity index (χ3n) is 4.53. The van der Waals surface area contributed by atoms with E-state index in [0.717, 1.165) is 28.8 Å². The van der Waals surface area contributed by atoms with Gasteiger partial charge in [-0.3, -0.25) is 9.48 Å². The highest BCUT2D eigenvalue weighted by Crippen LogP contribution is 2.21. The SMILES string of the molecule is CC(=O)NC(C=O)c1ccc(C(C)/C=C\c2nn(C)c(C)c2C)cc1. The van der Waals surface area contributed by atoms with E-state index in [4.69, 9.17) is 0 Å². The van der Waals surface area contributed by atoms with Crippen molar-refractivity contribution in [3.8, 4) is 0 Å². The van der Waals surface area contributed by atoms with E-state index in [1.165, 1.54) is 12.5 Å². The summed E-state index contributed by atoms with van der Waals surface area (Å²) in [6, 6.07) is 7.13. The van der Waals surface area contributed by atoms with Crippen LogP contribution in [0.1, 0.15) is 53.9 Å². The van der Waals surface area contributed by atoms with E-state index in [9.17, 15) is 9.59 Å². The maximum atomic E-state index is 11.1. The number of allylic oxidation sites excluding steroid dienone is 1. The summed E-state index contributed by atoms with van der Waals surface area (Å²) in [6.07, 6.45) is 4.91. The number of carbonyl (C=O) groups is 2. The monoisotopic (exact) mass is 339 g/mol. The number of aryl methyl sites for hydroxylation is 1. The molecule has 1 amide bonds. The molecule has 0 saturated heterocycles. The first-order valence-corrected chi connectivity index (χ1v) is 8.34. The first kappa shape index (κ1) is 18.6. The Kier molecular flexibility index (Phi) is 5.91. The molecular formula is C20H25N3O2. The largest absolute Gasteiger partial charge is 0.343 e. The van der Waals surface area contributed by atoms with Crippen LogP contribution >= 0.6 is 0 Å². The standard InChI is InChI=1S/C20H25N3O2/c1-13(6-11-19-14(2)15(3)23(5)22-19)17-7-9-18(10-8-17)20(12-24)21-16(4)25/h6-13,20H,1-5H3,(H,21,25)/b11-6-. The molecule has 0 aliphatic rings. The number of amides is 1. The zero-order valence-corrected chi connectivity index (χ0v) is 15.4. The summed E-state index contributed by atoms with van der Waals surface area (Å²) in [5.41, 5.74) is 5.24. The van der Waals surface area contributed by atoms with Crippen LogP contribution in [0, 0.1) is 13.8 Å². The van der Waals surface area contributed by atoms with Crippen molar-refractivity contribution < 1.29 is 9.59 Å². The lowest BCUT2D eigenvalue weighted by molar-refractivity contribution is -0.122. The van der Waals surface area contributed by atoms with E-state index >= 15 is 0 Å². The van der Waals surface area contributed by atoms with Crippen LogP contribution in [0.3, 0.4) is 0 Å². The number of hydrogen-bond acceptors (Lipinski definition) is 3. The highest BCUT2D eigenvalue weighted by Gasteiger charge is 2.12. The number of hydrogen-bond donors (Lipinski definition) is 1. The van der Waals surface area contributed by atoms with Gasteiger partial charge in [0.25, 0.3) is 0 Å². The molecule has 0 aliphatic carbocycles. The maximum absolute atomic E-state index is 11.1. The summed E-state index contributed by atoms with van der Waals surface area (Å²) < 4.78 is 1.88. The summed E-state index contributed by atoms with van der Waals surface area (Å²) >= 11 is 0. The van der Waals surface area contributed by atoms with Gasteiger partial charge in [-0.05, 0) is 42.5 Å². The normalized spacial score (nSPS) is 13.6. The lowest BCUT2D eigenvalue weighted by Crippen LogP contribution is -2.26. The minimum absolute atomic E-state index is 0.214. The molecule has 1 heterocycles. The number of rotatable bonds is 6. The molecule has 1 aromatic heterocycles. The molecular weight excluding hydrogens is 314 g/mol. The predicted octanol–water partition coefficient (Wildman–Crippen LogP) is 3.23. The fourth-order valence-electron chi connectivity index (χ4n) is 2.67. The van der Waals surface area contributed by atoms with Crippen molar-refractivity contribution in [1.29, 1.82) is 0 Å². The van der Waals surface area contributed by atoms with Gasteiger partial charge in [0.05, 0.1) is 5.69 Å². The molecule has 0 bridgehead atoms. The Balaban J connectivity index is 2.13. The Morgan fingerprint density at radius 1 is 1.20 bits per heavy atom. The van der Waals surface area contributed by atoms with Crippen LogP contribution in [-0.2, 0) is 16.6 Å². The Hall–Kier alpha value is -2.69. The summed E-state index contributed by atoms with van der Waals surface area (Å²) in [6.45, 7) is 7.64. The van der Waals surface area contributed by atoms with E-state index in [-0.39, 0.29) is 11.8 Å². The van der Waals surface area contributed by atoms with Gasteiger partial charge in [0.15, 0.2) is 0 Å². The lowest BCUT2D eigenvalue weighted by atomic mass is 9.97. The molecule has 132 valence electrons. The third kappa shape index (κ3) is 4.44. The predicted molar refractivity (Wildman–Crippen MR) is 99.2 cm³/mol. The summed E-state index contributed by atoms with van der Waals surface area (Å²) in [7, 11) is 1.94. The van der Waals surface area contributed by atoms with E-state index in [0.29, 0.717) is 0 Å². The lowest BCUT2D eigenvalue weighted by Gasteiger charge is -2.13. The van der Waals surface area contributed by atoms with E-state index in [1.807, 2.05) is 42.1 Å². The quantitative estimate of drug-likeness (QED) is 0.822. The molecule has 0 saturated carbocycles. The summed E-state index contributed by atoms with van der Waals surface area (Å²) in [4.78, 5) is 22.3. The number of nitrogens with zero attached hydrogens (tertiary/aromatic N) is 2. The Labute approximate surface area is 148 Å². The van der Waals surface area contributed by atoms with Gasteiger partial charge in [-0.15, -0.1) is 0 Å². The van der Waals surface area contributed by atoms with Crippen LogP contribution in [0.25, 0.3) is 6.08 Å². The number of nitrogens with one attached hydrogen (secondary N) is 1. The van der Waals surface area contributed by atoms with Crippen LogP contribution < -0.4 is 5.32 Å². The van der Waals surface area contributed by atoms with Crippen molar-refractivity contribution in [2.75, 3.05) is 0 Å². The Morgan fingerprint density at radius 2 is 1.80 bits per heavy atom. The molecule has 0 spiro atoms. The van der Waals surface area contributed by atoms with Gasteiger partial charge in [0.1, 0.15) is 12.3 Å². The van der Waals surface area contributed by atoms with Crippen LogP contribution in [0.4, 0.5) is 0 Å². The maximum Gasteiger partial charge on any atom is 0.217 e. The fourth-order valence-corrected chi connectivity index (χ4v) is 2.67. The van der Waals surface area contributed by atoms with Crippen LogP contribution in [-0.4, -0.2) is 22.0 Å². The molecule has 0 aliphatic heterocycles. The van der Waals surface area contributed by atoms with Gasteiger partial charge in [-0.1, -0.05) is 37.3 Å². The molecule has 2 atom stereocenters. The number of aromatic nitrogens is 2. The smallest absolute Gasteiger partial charge is 0.217 e. The number of carbonyl (C=O) groups excluding carboxylic acids is 2. The first-order valence-electron chi connectivity index (χ1n) is 8.34. The average Bonchev–Trinajstić information content (AvgIpc) is 2.84. The summed E-state index contributed by atoms with van der Waals surface area (Å²) in [5.74, 6) is -0.00953. The molecule has 0 fully saturated rings. The highest BCUT2D eigenvalue weighted by atomic mass is 16.2. The van der Waals surface area contributed by atoms with Crippen LogP contribution in [0.2, 0.25) is 0 Å².